The number of amides is 1. The molecule has 0 saturated heterocycles. The first-order valence-electron chi connectivity index (χ1n) is 7.28. The number of nitrogens with zero attached hydrogens (tertiary/aromatic N) is 1. The average Bonchev–Trinajstić information content (AvgIpc) is 3.02. The smallest absolute Gasteiger partial charge is 0.257 e. The molecule has 0 atom stereocenters. The number of H-pyrrole nitrogens is 1. The molecule has 23 heavy (non-hydrogen) atoms. The molecule has 0 saturated carbocycles. The number of aromatic amines is 1. The van der Waals surface area contributed by atoms with E-state index in [2.05, 4.69) is 15.3 Å². The molecule has 0 bridgehead atoms. The van der Waals surface area contributed by atoms with E-state index in [0.29, 0.717) is 13.0 Å². The average molecular weight is 313 g/mol. The molecule has 0 aliphatic heterocycles. The lowest BCUT2D eigenvalue weighted by Gasteiger charge is -2.08. The van der Waals surface area contributed by atoms with Crippen LogP contribution < -0.4 is 10.1 Å². The maximum absolute atomic E-state index is 13.3. The zero-order chi connectivity index (χ0) is 16.1. The van der Waals surface area contributed by atoms with E-state index < -0.39 is 5.82 Å². The van der Waals surface area contributed by atoms with Crippen LogP contribution in [0.5, 0.6) is 5.75 Å². The summed E-state index contributed by atoms with van der Waals surface area (Å²) in [6.07, 6.45) is 2.34. The molecule has 6 heteroatoms. The second-order valence-corrected chi connectivity index (χ2v) is 5.07. The van der Waals surface area contributed by atoms with Crippen LogP contribution in [0.15, 0.2) is 48.8 Å². The number of hydrogen-bond donors (Lipinski definition) is 2. The highest BCUT2D eigenvalue weighted by Crippen LogP contribution is 2.15. The van der Waals surface area contributed by atoms with Crippen molar-refractivity contribution in [3.8, 4) is 5.75 Å². The highest BCUT2D eigenvalue weighted by Gasteiger charge is 2.06. The molecule has 0 radical (unpaired) electrons. The van der Waals surface area contributed by atoms with E-state index in [9.17, 15) is 9.18 Å². The summed E-state index contributed by atoms with van der Waals surface area (Å²) in [6, 6.07) is 11.9. The number of carbonyl (C=O) groups excluding carboxylic acids is 1. The van der Waals surface area contributed by atoms with E-state index in [0.717, 1.165) is 16.6 Å². The zero-order valence-electron chi connectivity index (χ0n) is 12.4. The van der Waals surface area contributed by atoms with E-state index >= 15 is 0 Å². The van der Waals surface area contributed by atoms with Gasteiger partial charge in [0.15, 0.2) is 18.2 Å². The zero-order valence-corrected chi connectivity index (χ0v) is 12.4. The van der Waals surface area contributed by atoms with Crippen molar-refractivity contribution >= 4 is 16.9 Å². The van der Waals surface area contributed by atoms with E-state index in [-0.39, 0.29) is 18.3 Å². The van der Waals surface area contributed by atoms with Gasteiger partial charge in [-0.05, 0) is 36.2 Å². The molecule has 118 valence electrons. The van der Waals surface area contributed by atoms with E-state index in [4.69, 9.17) is 4.74 Å². The van der Waals surface area contributed by atoms with Gasteiger partial charge in [0.2, 0.25) is 0 Å². The van der Waals surface area contributed by atoms with Gasteiger partial charge in [0, 0.05) is 6.54 Å². The molecule has 0 spiro atoms. The van der Waals surface area contributed by atoms with Crippen LogP contribution >= 0.6 is 0 Å². The van der Waals surface area contributed by atoms with Gasteiger partial charge in [-0.3, -0.25) is 4.79 Å². The molecule has 5 nitrogen and oxygen atoms in total. The molecule has 2 aromatic carbocycles. The lowest BCUT2D eigenvalue weighted by molar-refractivity contribution is -0.123. The Bertz CT molecular complexity index is 816. The number of nitrogens with one attached hydrogen (secondary N) is 2. The van der Waals surface area contributed by atoms with Crippen molar-refractivity contribution in [2.75, 3.05) is 13.2 Å². The fourth-order valence-electron chi connectivity index (χ4n) is 2.24. The second kappa shape index (κ2) is 6.91. The summed E-state index contributed by atoms with van der Waals surface area (Å²) in [6.45, 7) is 0.277. The van der Waals surface area contributed by atoms with Gasteiger partial charge >= 0.3 is 0 Å². The molecular weight excluding hydrogens is 297 g/mol. The van der Waals surface area contributed by atoms with Gasteiger partial charge in [0.1, 0.15) is 0 Å². The number of ether oxygens (including phenoxy) is 1. The minimum Gasteiger partial charge on any atom is -0.481 e. The Morgan fingerprint density at radius 3 is 3.00 bits per heavy atom. The van der Waals surface area contributed by atoms with E-state index in [1.165, 1.54) is 12.1 Å². The molecule has 0 aliphatic rings. The first-order chi connectivity index (χ1) is 11.2. The fraction of sp³-hybridized carbons (Fsp3) is 0.176. The van der Waals surface area contributed by atoms with Crippen LogP contribution in [0.25, 0.3) is 11.0 Å². The van der Waals surface area contributed by atoms with Crippen LogP contribution in [0.4, 0.5) is 4.39 Å². The second-order valence-electron chi connectivity index (χ2n) is 5.07. The topological polar surface area (TPSA) is 67.0 Å². The number of para-hydroxylation sites is 1. The third kappa shape index (κ3) is 3.85. The molecule has 0 aliphatic carbocycles. The van der Waals surface area contributed by atoms with Crippen molar-refractivity contribution in [1.29, 1.82) is 0 Å². The van der Waals surface area contributed by atoms with Crippen LogP contribution in [0.3, 0.4) is 0 Å². The quantitative estimate of drug-likeness (QED) is 0.734. The molecular formula is C17H16FN3O2. The summed E-state index contributed by atoms with van der Waals surface area (Å²) in [5, 5.41) is 2.75. The number of halogens is 1. The molecule has 1 aromatic heterocycles. The van der Waals surface area contributed by atoms with Crippen molar-refractivity contribution in [3.05, 3.63) is 60.2 Å². The van der Waals surface area contributed by atoms with E-state index in [1.807, 2.05) is 18.2 Å². The van der Waals surface area contributed by atoms with Gasteiger partial charge in [0.25, 0.3) is 5.91 Å². The molecule has 0 fully saturated rings. The van der Waals surface area contributed by atoms with Crippen molar-refractivity contribution in [3.63, 3.8) is 0 Å². The monoisotopic (exact) mass is 313 g/mol. The molecule has 1 heterocycles. The van der Waals surface area contributed by atoms with Gasteiger partial charge in [-0.1, -0.05) is 18.2 Å². The Labute approximate surface area is 132 Å². The Balaban J connectivity index is 1.44. The van der Waals surface area contributed by atoms with Crippen molar-refractivity contribution in [2.24, 2.45) is 0 Å². The van der Waals surface area contributed by atoms with Crippen molar-refractivity contribution < 1.29 is 13.9 Å². The van der Waals surface area contributed by atoms with Gasteiger partial charge in [-0.25, -0.2) is 9.37 Å². The molecule has 3 aromatic rings. The highest BCUT2D eigenvalue weighted by atomic mass is 19.1. The first-order valence-corrected chi connectivity index (χ1v) is 7.28. The van der Waals surface area contributed by atoms with Crippen molar-refractivity contribution in [1.82, 2.24) is 15.3 Å². The maximum Gasteiger partial charge on any atom is 0.257 e. The van der Waals surface area contributed by atoms with Gasteiger partial charge < -0.3 is 15.0 Å². The van der Waals surface area contributed by atoms with Crippen LogP contribution in [-0.4, -0.2) is 29.0 Å². The number of aromatic nitrogens is 2. The van der Waals surface area contributed by atoms with Crippen LogP contribution in [0, 0.1) is 5.82 Å². The Kier molecular flexibility index (Phi) is 4.52. The lowest BCUT2D eigenvalue weighted by Crippen LogP contribution is -2.30. The lowest BCUT2D eigenvalue weighted by atomic mass is 10.1. The largest absolute Gasteiger partial charge is 0.481 e. The first kappa shape index (κ1) is 15.0. The number of fused-ring (bicyclic) bond motifs is 1. The molecule has 2 N–H and O–H groups in total. The summed E-state index contributed by atoms with van der Waals surface area (Å²) < 4.78 is 18.5. The summed E-state index contributed by atoms with van der Waals surface area (Å²) in [4.78, 5) is 18.9. The Morgan fingerprint density at radius 2 is 2.13 bits per heavy atom. The minimum absolute atomic E-state index is 0.0762. The standard InChI is InChI=1S/C17H16FN3O2/c18-13-3-1-2-4-16(13)23-10-17(22)19-8-7-12-5-6-14-15(9-12)21-11-20-14/h1-6,9,11H,7-8,10H2,(H,19,22)(H,20,21). The third-order valence-electron chi connectivity index (χ3n) is 3.42. The van der Waals surface area contributed by atoms with Crippen LogP contribution in [0.2, 0.25) is 0 Å². The predicted octanol–water partition coefficient (Wildman–Crippen LogP) is 2.44. The van der Waals surface area contributed by atoms with Crippen LogP contribution in [0.1, 0.15) is 5.56 Å². The minimum atomic E-state index is -0.479. The number of benzene rings is 2. The Hall–Kier alpha value is -2.89. The van der Waals surface area contributed by atoms with Gasteiger partial charge in [-0.15, -0.1) is 0 Å². The fourth-order valence-corrected chi connectivity index (χ4v) is 2.24. The molecule has 0 unspecified atom stereocenters. The summed E-state index contributed by atoms with van der Waals surface area (Å²) in [7, 11) is 0. The third-order valence-corrected chi connectivity index (χ3v) is 3.42. The van der Waals surface area contributed by atoms with Gasteiger partial charge in [-0.2, -0.15) is 0 Å². The van der Waals surface area contributed by atoms with Gasteiger partial charge in [0.05, 0.1) is 17.4 Å². The molecule has 1 amide bonds. The summed E-state index contributed by atoms with van der Waals surface area (Å²) >= 11 is 0. The number of carbonyl (C=O) groups is 1. The molecule has 3 rings (SSSR count). The number of rotatable bonds is 6. The van der Waals surface area contributed by atoms with Crippen molar-refractivity contribution in [2.45, 2.75) is 6.42 Å². The predicted molar refractivity (Wildman–Crippen MR) is 84.7 cm³/mol. The Morgan fingerprint density at radius 1 is 1.26 bits per heavy atom. The normalized spacial score (nSPS) is 10.7. The summed E-state index contributed by atoms with van der Waals surface area (Å²) in [5.74, 6) is -0.684. The highest BCUT2D eigenvalue weighted by molar-refractivity contribution is 5.77. The summed E-state index contributed by atoms with van der Waals surface area (Å²) in [5.41, 5.74) is 2.98. The number of imidazole rings is 1. The van der Waals surface area contributed by atoms with E-state index in [1.54, 1.807) is 18.5 Å². The maximum atomic E-state index is 13.3. The number of hydrogen-bond acceptors (Lipinski definition) is 3. The SMILES string of the molecule is O=C(COc1ccccc1F)NCCc1ccc2nc[nH]c2c1. The van der Waals surface area contributed by atoms with Crippen LogP contribution in [-0.2, 0) is 11.2 Å².